The van der Waals surface area contributed by atoms with Crippen molar-refractivity contribution < 1.29 is 44.1 Å². The lowest BCUT2D eigenvalue weighted by Crippen LogP contribution is -2.28. The van der Waals surface area contributed by atoms with Crippen molar-refractivity contribution in [3.8, 4) is 17.1 Å². The summed E-state index contributed by atoms with van der Waals surface area (Å²) in [7, 11) is -6.01. The summed E-state index contributed by atoms with van der Waals surface area (Å²) in [5, 5.41) is 2.70. The molecule has 0 amide bonds. The number of carbonyl (C=O) groups is 1. The van der Waals surface area contributed by atoms with Gasteiger partial charge in [0.2, 0.25) is 0 Å². The zero-order valence-corrected chi connectivity index (χ0v) is 18.6. The largest absolute Gasteiger partial charge is 0.534 e. The molecular weight excluding hydrogens is 482 g/mol. The van der Waals surface area contributed by atoms with Gasteiger partial charge in [0.25, 0.3) is 0 Å². The van der Waals surface area contributed by atoms with Crippen molar-refractivity contribution in [2.45, 2.75) is 18.9 Å². The average molecular weight is 501 g/mol. The van der Waals surface area contributed by atoms with Crippen LogP contribution >= 0.6 is 0 Å². The zero-order valence-electron chi connectivity index (χ0n) is 17.7. The van der Waals surface area contributed by atoms with Crippen molar-refractivity contribution in [1.29, 1.82) is 0 Å². The zero-order chi connectivity index (χ0) is 25.1. The van der Waals surface area contributed by atoms with Crippen LogP contribution in [0, 0.1) is 5.82 Å². The SMILES string of the molecule is C=CCCNc1cc2oc(-c3ccc(F)cc3)c(C(=O)OCC)c2cc1OS(=O)(=O)C(F)(F)F. The number of fused-ring (bicyclic) bond motifs is 1. The Morgan fingerprint density at radius 3 is 2.47 bits per heavy atom. The van der Waals surface area contributed by atoms with Gasteiger partial charge >= 0.3 is 21.6 Å². The molecule has 0 saturated heterocycles. The number of benzene rings is 2. The third kappa shape index (κ3) is 5.16. The molecule has 0 bridgehead atoms. The molecule has 0 spiro atoms. The summed E-state index contributed by atoms with van der Waals surface area (Å²) in [5.74, 6) is -2.16. The maximum Gasteiger partial charge on any atom is 0.534 e. The highest BCUT2D eigenvalue weighted by molar-refractivity contribution is 7.88. The summed E-state index contributed by atoms with van der Waals surface area (Å²) >= 11 is 0. The number of furan rings is 1. The number of anilines is 1. The topological polar surface area (TPSA) is 94.8 Å². The van der Waals surface area contributed by atoms with E-state index in [2.05, 4.69) is 16.1 Å². The molecule has 0 aliphatic rings. The molecule has 0 fully saturated rings. The van der Waals surface area contributed by atoms with Gasteiger partial charge in [0.1, 0.15) is 22.7 Å². The molecule has 0 unspecified atom stereocenters. The number of ether oxygens (including phenoxy) is 1. The van der Waals surface area contributed by atoms with Crippen molar-refractivity contribution >= 4 is 32.7 Å². The van der Waals surface area contributed by atoms with E-state index in [4.69, 9.17) is 9.15 Å². The van der Waals surface area contributed by atoms with Crippen LogP contribution in [0.3, 0.4) is 0 Å². The van der Waals surface area contributed by atoms with Crippen LogP contribution in [-0.4, -0.2) is 33.0 Å². The molecule has 1 heterocycles. The van der Waals surface area contributed by atoms with Gasteiger partial charge < -0.3 is 18.7 Å². The average Bonchev–Trinajstić information content (AvgIpc) is 3.12. The van der Waals surface area contributed by atoms with E-state index in [0.717, 1.165) is 18.2 Å². The van der Waals surface area contributed by atoms with E-state index in [0.29, 0.717) is 6.42 Å². The Bertz CT molecular complexity index is 1310. The van der Waals surface area contributed by atoms with Crippen LogP contribution in [0.2, 0.25) is 0 Å². The Labute approximate surface area is 192 Å². The third-order valence-corrected chi connectivity index (χ3v) is 5.49. The van der Waals surface area contributed by atoms with Crippen molar-refractivity contribution in [2.24, 2.45) is 0 Å². The highest BCUT2D eigenvalue weighted by atomic mass is 32.2. The van der Waals surface area contributed by atoms with E-state index in [1.807, 2.05) is 0 Å². The van der Waals surface area contributed by atoms with Gasteiger partial charge in [0.05, 0.1) is 12.3 Å². The second kappa shape index (κ2) is 9.75. The first-order valence-electron chi connectivity index (χ1n) is 9.87. The van der Waals surface area contributed by atoms with Crippen LogP contribution in [0.4, 0.5) is 23.2 Å². The molecule has 12 heteroatoms. The van der Waals surface area contributed by atoms with Gasteiger partial charge in [-0.2, -0.15) is 21.6 Å². The number of nitrogens with one attached hydrogen (secondary N) is 1. The molecule has 3 aromatic rings. The normalized spacial score (nSPS) is 11.9. The molecule has 0 aliphatic carbocycles. The second-order valence-electron chi connectivity index (χ2n) is 6.87. The Hall–Kier alpha value is -3.54. The molecule has 1 aromatic heterocycles. The predicted molar refractivity (Wildman–Crippen MR) is 116 cm³/mol. The first-order valence-corrected chi connectivity index (χ1v) is 11.3. The van der Waals surface area contributed by atoms with Gasteiger partial charge in [0.15, 0.2) is 5.75 Å². The summed E-state index contributed by atoms with van der Waals surface area (Å²) in [6.07, 6.45) is 1.94. The number of rotatable bonds is 9. The fourth-order valence-electron chi connectivity index (χ4n) is 3.01. The first-order chi connectivity index (χ1) is 16.0. The van der Waals surface area contributed by atoms with Crippen LogP contribution in [-0.2, 0) is 14.9 Å². The molecule has 2 aromatic carbocycles. The van der Waals surface area contributed by atoms with Gasteiger partial charge in [-0.15, -0.1) is 6.58 Å². The fraction of sp³-hybridized carbons (Fsp3) is 0.227. The number of hydrogen-bond acceptors (Lipinski definition) is 7. The van der Waals surface area contributed by atoms with Gasteiger partial charge in [-0.25, -0.2) is 9.18 Å². The molecule has 0 saturated carbocycles. The van der Waals surface area contributed by atoms with Crippen LogP contribution in [0.5, 0.6) is 5.75 Å². The molecule has 0 radical (unpaired) electrons. The van der Waals surface area contributed by atoms with E-state index in [1.54, 1.807) is 6.92 Å². The highest BCUT2D eigenvalue weighted by Gasteiger charge is 2.49. The Morgan fingerprint density at radius 2 is 1.88 bits per heavy atom. The van der Waals surface area contributed by atoms with E-state index < -0.39 is 33.2 Å². The van der Waals surface area contributed by atoms with Gasteiger partial charge in [0, 0.05) is 23.6 Å². The second-order valence-corrected chi connectivity index (χ2v) is 8.40. The van der Waals surface area contributed by atoms with Gasteiger partial charge in [-0.3, -0.25) is 0 Å². The summed E-state index contributed by atoms with van der Waals surface area (Å²) in [4.78, 5) is 12.7. The minimum Gasteiger partial charge on any atom is -0.462 e. The third-order valence-electron chi connectivity index (χ3n) is 4.52. The summed E-state index contributed by atoms with van der Waals surface area (Å²) in [6, 6.07) is 7.08. The molecule has 3 rings (SSSR count). The lowest BCUT2D eigenvalue weighted by atomic mass is 10.0. The Balaban J connectivity index is 2.26. The smallest absolute Gasteiger partial charge is 0.462 e. The molecule has 7 nitrogen and oxygen atoms in total. The highest BCUT2D eigenvalue weighted by Crippen LogP contribution is 2.41. The quantitative estimate of drug-likeness (QED) is 0.101. The minimum atomic E-state index is -6.01. The van der Waals surface area contributed by atoms with Crippen LogP contribution in [0.1, 0.15) is 23.7 Å². The van der Waals surface area contributed by atoms with Crippen molar-refractivity contribution in [2.75, 3.05) is 18.5 Å². The molecule has 182 valence electrons. The van der Waals surface area contributed by atoms with Gasteiger partial charge in [-0.05, 0) is 43.7 Å². The number of alkyl halides is 3. The number of carbonyl (C=O) groups excluding carboxylic acids is 1. The van der Waals surface area contributed by atoms with E-state index in [1.165, 1.54) is 24.3 Å². The standard InChI is InChI=1S/C22H19F4NO6S/c1-3-5-10-27-16-12-17-15(11-18(16)33-34(29,30)22(24,25)26)19(21(28)31-4-2)20(32-17)13-6-8-14(23)9-7-13/h3,6-9,11-12,27H,1,4-5,10H2,2H3. The maximum atomic E-state index is 13.4. The minimum absolute atomic E-state index is 0.0264. The van der Waals surface area contributed by atoms with E-state index >= 15 is 0 Å². The van der Waals surface area contributed by atoms with Crippen LogP contribution in [0.25, 0.3) is 22.3 Å². The predicted octanol–water partition coefficient (Wildman–Crippen LogP) is 5.63. The van der Waals surface area contributed by atoms with Crippen molar-refractivity contribution in [3.05, 3.63) is 60.4 Å². The fourth-order valence-corrected chi connectivity index (χ4v) is 3.48. The monoisotopic (exact) mass is 501 g/mol. The van der Waals surface area contributed by atoms with E-state index in [9.17, 15) is 30.8 Å². The molecule has 1 N–H and O–H groups in total. The maximum absolute atomic E-state index is 13.4. The van der Waals surface area contributed by atoms with Crippen LogP contribution in [0.15, 0.2) is 53.5 Å². The number of halogens is 4. The van der Waals surface area contributed by atoms with Crippen molar-refractivity contribution in [3.63, 3.8) is 0 Å². The lowest BCUT2D eigenvalue weighted by Gasteiger charge is -2.14. The molecule has 0 atom stereocenters. The summed E-state index contributed by atoms with van der Waals surface area (Å²) in [6.45, 7) is 5.24. The Kier molecular flexibility index (Phi) is 7.20. The van der Waals surface area contributed by atoms with E-state index in [-0.39, 0.29) is 46.7 Å². The molecule has 0 aliphatic heterocycles. The first kappa shape index (κ1) is 25.1. The van der Waals surface area contributed by atoms with Crippen LogP contribution < -0.4 is 9.50 Å². The summed E-state index contributed by atoms with van der Waals surface area (Å²) < 4.78 is 90.9. The molecular formula is C22H19F4NO6S. The molecule has 34 heavy (non-hydrogen) atoms. The number of hydrogen-bond donors (Lipinski definition) is 1. The summed E-state index contributed by atoms with van der Waals surface area (Å²) in [5.41, 5.74) is -5.68. The van der Waals surface area contributed by atoms with Crippen molar-refractivity contribution in [1.82, 2.24) is 0 Å². The number of esters is 1. The lowest BCUT2D eigenvalue weighted by molar-refractivity contribution is -0.0499. The van der Waals surface area contributed by atoms with Gasteiger partial charge in [-0.1, -0.05) is 6.08 Å². The Morgan fingerprint density at radius 1 is 1.21 bits per heavy atom.